The van der Waals surface area contributed by atoms with E-state index in [9.17, 15) is 4.79 Å². The zero-order valence-corrected chi connectivity index (χ0v) is 16.5. The van der Waals surface area contributed by atoms with Crippen molar-refractivity contribution in [3.63, 3.8) is 0 Å². The number of para-hydroxylation sites is 2. The Morgan fingerprint density at radius 2 is 1.84 bits per heavy atom. The first-order valence-corrected chi connectivity index (χ1v) is 8.17. The smallest absolute Gasteiger partial charge is 0.225 e. The van der Waals surface area contributed by atoms with Gasteiger partial charge in [0.15, 0.2) is 0 Å². The van der Waals surface area contributed by atoms with Crippen molar-refractivity contribution in [1.82, 2.24) is 4.90 Å². The number of methoxy groups -OCH3 is 1. The standard InChI is InChI=1S/C17H27N3O3.2ClH/c1-3-23-16-7-5-4-6-15(16)19-8-10-20(11-9-19)17(21)12-14(13-18)22-2;;/h4-7,14H,3,8-13,18H2,1-2H3;2*1H. The van der Waals surface area contributed by atoms with Crippen molar-refractivity contribution in [3.05, 3.63) is 24.3 Å². The molecular weight excluding hydrogens is 365 g/mol. The molecule has 1 aromatic carbocycles. The number of anilines is 1. The average molecular weight is 394 g/mol. The minimum atomic E-state index is -0.195. The molecule has 0 spiro atoms. The molecular formula is C17H29Cl2N3O3. The van der Waals surface area contributed by atoms with E-state index < -0.39 is 0 Å². The fraction of sp³-hybridized carbons (Fsp3) is 0.588. The van der Waals surface area contributed by atoms with E-state index >= 15 is 0 Å². The highest BCUT2D eigenvalue weighted by Gasteiger charge is 2.24. The van der Waals surface area contributed by atoms with Gasteiger partial charge in [-0.05, 0) is 19.1 Å². The summed E-state index contributed by atoms with van der Waals surface area (Å²) in [7, 11) is 1.59. The average Bonchev–Trinajstić information content (AvgIpc) is 2.60. The molecule has 1 aromatic rings. The molecule has 0 radical (unpaired) electrons. The van der Waals surface area contributed by atoms with Gasteiger partial charge in [0.2, 0.25) is 5.91 Å². The summed E-state index contributed by atoms with van der Waals surface area (Å²) in [4.78, 5) is 16.4. The lowest BCUT2D eigenvalue weighted by Crippen LogP contribution is -2.49. The second-order valence-corrected chi connectivity index (χ2v) is 5.57. The van der Waals surface area contributed by atoms with Crippen LogP contribution in [0.2, 0.25) is 0 Å². The number of ether oxygens (including phenoxy) is 2. The van der Waals surface area contributed by atoms with Crippen LogP contribution in [0.5, 0.6) is 5.75 Å². The van der Waals surface area contributed by atoms with Crippen LogP contribution in [-0.4, -0.2) is 63.4 Å². The van der Waals surface area contributed by atoms with Gasteiger partial charge < -0.3 is 25.0 Å². The van der Waals surface area contributed by atoms with E-state index in [1.54, 1.807) is 7.11 Å². The topological polar surface area (TPSA) is 68.0 Å². The lowest BCUT2D eigenvalue weighted by atomic mass is 10.2. The molecule has 1 aliphatic rings. The van der Waals surface area contributed by atoms with E-state index in [2.05, 4.69) is 11.0 Å². The Labute approximate surface area is 162 Å². The lowest BCUT2D eigenvalue weighted by molar-refractivity contribution is -0.133. The second-order valence-electron chi connectivity index (χ2n) is 5.57. The Balaban J connectivity index is 0.00000288. The van der Waals surface area contributed by atoms with Crippen LogP contribution in [0.1, 0.15) is 13.3 Å². The van der Waals surface area contributed by atoms with Crippen molar-refractivity contribution >= 4 is 36.4 Å². The zero-order valence-electron chi connectivity index (χ0n) is 14.8. The molecule has 1 atom stereocenters. The SMILES string of the molecule is CCOc1ccccc1N1CCN(C(=O)CC(CN)OC)CC1.Cl.Cl. The number of piperazine rings is 1. The minimum absolute atomic E-state index is 0. The summed E-state index contributed by atoms with van der Waals surface area (Å²) in [6.07, 6.45) is 0.155. The molecule has 2 N–H and O–H groups in total. The predicted molar refractivity (Wildman–Crippen MR) is 105 cm³/mol. The Morgan fingerprint density at radius 3 is 2.40 bits per heavy atom. The predicted octanol–water partition coefficient (Wildman–Crippen LogP) is 1.94. The number of nitrogens with two attached hydrogens (primary N) is 1. The fourth-order valence-corrected chi connectivity index (χ4v) is 2.78. The van der Waals surface area contributed by atoms with Gasteiger partial charge in [0.1, 0.15) is 5.75 Å². The van der Waals surface area contributed by atoms with Crippen molar-refractivity contribution in [2.24, 2.45) is 5.73 Å². The van der Waals surface area contributed by atoms with E-state index in [4.69, 9.17) is 15.2 Å². The van der Waals surface area contributed by atoms with Gasteiger partial charge in [0.05, 0.1) is 24.8 Å². The van der Waals surface area contributed by atoms with Crippen LogP contribution in [0.15, 0.2) is 24.3 Å². The van der Waals surface area contributed by atoms with Crippen LogP contribution < -0.4 is 15.4 Å². The molecule has 1 amide bonds. The molecule has 0 saturated carbocycles. The number of hydrogen-bond donors (Lipinski definition) is 1. The molecule has 1 saturated heterocycles. The summed E-state index contributed by atoms with van der Waals surface area (Å²) < 4.78 is 10.9. The first-order chi connectivity index (χ1) is 11.2. The largest absolute Gasteiger partial charge is 0.492 e. The highest BCUT2D eigenvalue weighted by Crippen LogP contribution is 2.28. The molecule has 1 heterocycles. The number of nitrogens with zero attached hydrogens (tertiary/aromatic N) is 2. The molecule has 2 rings (SSSR count). The summed E-state index contributed by atoms with van der Waals surface area (Å²) in [5.74, 6) is 1.01. The normalized spacial score (nSPS) is 15.0. The van der Waals surface area contributed by atoms with Crippen LogP contribution in [0.3, 0.4) is 0 Å². The highest BCUT2D eigenvalue weighted by atomic mass is 35.5. The van der Waals surface area contributed by atoms with Crippen LogP contribution >= 0.6 is 24.8 Å². The molecule has 0 aliphatic carbocycles. The van der Waals surface area contributed by atoms with E-state index in [1.165, 1.54) is 0 Å². The number of hydrogen-bond acceptors (Lipinski definition) is 5. The second kappa shape index (κ2) is 12.2. The minimum Gasteiger partial charge on any atom is -0.492 e. The Morgan fingerprint density at radius 1 is 1.20 bits per heavy atom. The maximum Gasteiger partial charge on any atom is 0.225 e. The van der Waals surface area contributed by atoms with Crippen LogP contribution in [0.25, 0.3) is 0 Å². The van der Waals surface area contributed by atoms with Crippen molar-refractivity contribution in [1.29, 1.82) is 0 Å². The fourth-order valence-electron chi connectivity index (χ4n) is 2.78. The maximum atomic E-state index is 12.3. The molecule has 1 fully saturated rings. The summed E-state index contributed by atoms with van der Waals surface area (Å²) in [6, 6.07) is 8.05. The highest BCUT2D eigenvalue weighted by molar-refractivity contribution is 5.85. The maximum absolute atomic E-state index is 12.3. The zero-order chi connectivity index (χ0) is 16.7. The van der Waals surface area contributed by atoms with Crippen molar-refractivity contribution in [2.45, 2.75) is 19.4 Å². The Bertz CT molecular complexity index is 508. The summed E-state index contributed by atoms with van der Waals surface area (Å²) in [6.45, 7) is 6.01. The summed E-state index contributed by atoms with van der Waals surface area (Å²) in [5.41, 5.74) is 6.68. The van der Waals surface area contributed by atoms with Gasteiger partial charge in [0.25, 0.3) is 0 Å². The molecule has 1 aliphatic heterocycles. The third-order valence-electron chi connectivity index (χ3n) is 4.14. The molecule has 0 bridgehead atoms. The van der Waals surface area contributed by atoms with Crippen molar-refractivity contribution in [2.75, 3.05) is 51.3 Å². The third kappa shape index (κ3) is 6.55. The van der Waals surface area contributed by atoms with Crippen molar-refractivity contribution < 1.29 is 14.3 Å². The van der Waals surface area contributed by atoms with Gasteiger partial charge in [0, 0.05) is 39.8 Å². The first kappa shape index (κ1) is 23.8. The number of benzene rings is 1. The van der Waals surface area contributed by atoms with Gasteiger partial charge in [-0.15, -0.1) is 24.8 Å². The number of amides is 1. The number of carbonyl (C=O) groups is 1. The van der Waals surface area contributed by atoms with Gasteiger partial charge >= 0.3 is 0 Å². The van der Waals surface area contributed by atoms with E-state index in [1.807, 2.05) is 30.0 Å². The van der Waals surface area contributed by atoms with Crippen LogP contribution in [0, 0.1) is 0 Å². The Kier molecular flexibility index (Phi) is 11.6. The summed E-state index contributed by atoms with van der Waals surface area (Å²) >= 11 is 0. The number of carbonyl (C=O) groups excluding carboxylic acids is 1. The molecule has 8 heteroatoms. The van der Waals surface area contributed by atoms with Gasteiger partial charge in [-0.25, -0.2) is 0 Å². The van der Waals surface area contributed by atoms with Crippen LogP contribution in [0.4, 0.5) is 5.69 Å². The third-order valence-corrected chi connectivity index (χ3v) is 4.14. The summed E-state index contributed by atoms with van der Waals surface area (Å²) in [5, 5.41) is 0. The molecule has 25 heavy (non-hydrogen) atoms. The quantitative estimate of drug-likeness (QED) is 0.766. The molecule has 6 nitrogen and oxygen atoms in total. The van der Waals surface area contributed by atoms with Crippen LogP contribution in [-0.2, 0) is 9.53 Å². The number of rotatable bonds is 7. The van der Waals surface area contributed by atoms with Gasteiger partial charge in [-0.2, -0.15) is 0 Å². The molecule has 1 unspecified atom stereocenters. The van der Waals surface area contributed by atoms with E-state index in [0.29, 0.717) is 32.7 Å². The lowest BCUT2D eigenvalue weighted by Gasteiger charge is -2.37. The van der Waals surface area contributed by atoms with Gasteiger partial charge in [-0.3, -0.25) is 4.79 Å². The van der Waals surface area contributed by atoms with E-state index in [0.717, 1.165) is 24.5 Å². The monoisotopic (exact) mass is 393 g/mol. The first-order valence-electron chi connectivity index (χ1n) is 8.17. The van der Waals surface area contributed by atoms with E-state index in [-0.39, 0.29) is 36.8 Å². The van der Waals surface area contributed by atoms with Crippen molar-refractivity contribution in [3.8, 4) is 5.75 Å². The molecule has 0 aromatic heterocycles. The number of halogens is 2. The van der Waals surface area contributed by atoms with Gasteiger partial charge in [-0.1, -0.05) is 12.1 Å². The molecule has 144 valence electrons. The Hall–Kier alpha value is -1.21.